The largest absolute Gasteiger partial charge is 0.293 e. The van der Waals surface area contributed by atoms with Crippen molar-refractivity contribution in [3.63, 3.8) is 0 Å². The molecule has 1 nitrogen and oxygen atoms in total. The predicted octanol–water partition coefficient (Wildman–Crippen LogP) is 3.78. The Kier molecular flexibility index (Phi) is 4.57. The molecule has 0 spiro atoms. The van der Waals surface area contributed by atoms with E-state index in [9.17, 15) is 0 Å². The fraction of sp³-hybridized carbons (Fsp3) is 0.375. The summed E-state index contributed by atoms with van der Waals surface area (Å²) in [5.74, 6) is 0. The molecule has 1 aromatic carbocycles. The molecule has 2 rings (SSSR count). The molecular weight excluding hydrogens is 206 g/mol. The molecule has 0 radical (unpaired) electrons. The van der Waals surface area contributed by atoms with Crippen LogP contribution < -0.4 is 0 Å². The van der Waals surface area contributed by atoms with Crippen LogP contribution in [0.15, 0.2) is 54.6 Å². The lowest BCUT2D eigenvalue weighted by atomic mass is 10.1. The first-order chi connectivity index (χ1) is 8.40. The Bertz CT molecular complexity index is 378. The normalized spacial score (nSPS) is 21.8. The van der Waals surface area contributed by atoms with Gasteiger partial charge in [-0.15, -0.1) is 0 Å². The molecule has 1 heterocycles. The first-order valence-corrected chi connectivity index (χ1v) is 6.47. The standard InChI is InChI=1S/C16H21N/c1-2-3-5-11-16-12-8-13-17(16)14-15-9-6-4-7-10-15/h2-7,9-11,16H,8,12-14H2,1H3/b3-2+,11-5+/t16-/m0/s1. The Balaban J connectivity index is 1.95. The van der Waals surface area contributed by atoms with E-state index in [2.05, 4.69) is 66.5 Å². The molecule has 0 bridgehead atoms. The predicted molar refractivity (Wildman–Crippen MR) is 73.8 cm³/mol. The van der Waals surface area contributed by atoms with Gasteiger partial charge in [-0.25, -0.2) is 0 Å². The van der Waals surface area contributed by atoms with E-state index in [1.807, 2.05) is 0 Å². The highest BCUT2D eigenvalue weighted by Crippen LogP contribution is 2.20. The topological polar surface area (TPSA) is 3.24 Å². The Labute approximate surface area is 104 Å². The van der Waals surface area contributed by atoms with E-state index < -0.39 is 0 Å². The smallest absolute Gasteiger partial charge is 0.0285 e. The fourth-order valence-electron chi connectivity index (χ4n) is 2.39. The number of likely N-dealkylation sites (tertiary alicyclic amines) is 1. The lowest BCUT2D eigenvalue weighted by Gasteiger charge is -2.21. The summed E-state index contributed by atoms with van der Waals surface area (Å²) in [5, 5.41) is 0. The lowest BCUT2D eigenvalue weighted by molar-refractivity contribution is 0.281. The van der Waals surface area contributed by atoms with Crippen molar-refractivity contribution in [2.24, 2.45) is 0 Å². The second-order valence-corrected chi connectivity index (χ2v) is 4.58. The maximum atomic E-state index is 2.56. The average Bonchev–Trinajstić information content (AvgIpc) is 2.79. The highest BCUT2D eigenvalue weighted by molar-refractivity contribution is 5.16. The first-order valence-electron chi connectivity index (χ1n) is 6.47. The van der Waals surface area contributed by atoms with E-state index >= 15 is 0 Å². The van der Waals surface area contributed by atoms with Crippen molar-refractivity contribution >= 4 is 0 Å². The molecule has 1 aliphatic rings. The number of nitrogens with zero attached hydrogens (tertiary/aromatic N) is 1. The molecule has 0 aliphatic carbocycles. The van der Waals surface area contributed by atoms with Crippen LogP contribution in [0, 0.1) is 0 Å². The molecule has 1 atom stereocenters. The molecule has 90 valence electrons. The maximum Gasteiger partial charge on any atom is 0.0285 e. The van der Waals surface area contributed by atoms with Crippen LogP contribution in [0.25, 0.3) is 0 Å². The number of allylic oxidation sites excluding steroid dienone is 3. The minimum Gasteiger partial charge on any atom is -0.293 e. The van der Waals surface area contributed by atoms with Crippen molar-refractivity contribution < 1.29 is 0 Å². The summed E-state index contributed by atoms with van der Waals surface area (Å²) in [6.45, 7) is 4.35. The third kappa shape index (κ3) is 3.57. The van der Waals surface area contributed by atoms with Gasteiger partial charge in [-0.3, -0.25) is 4.90 Å². The van der Waals surface area contributed by atoms with Gasteiger partial charge in [0.25, 0.3) is 0 Å². The van der Waals surface area contributed by atoms with Gasteiger partial charge in [-0.1, -0.05) is 54.6 Å². The van der Waals surface area contributed by atoms with Crippen LogP contribution in [-0.2, 0) is 6.54 Å². The average molecular weight is 227 g/mol. The number of benzene rings is 1. The van der Waals surface area contributed by atoms with Gasteiger partial charge in [0, 0.05) is 12.6 Å². The van der Waals surface area contributed by atoms with Crippen molar-refractivity contribution in [2.75, 3.05) is 6.54 Å². The molecule has 0 amide bonds. The van der Waals surface area contributed by atoms with Gasteiger partial charge in [0.2, 0.25) is 0 Å². The first kappa shape index (κ1) is 12.1. The molecule has 1 heteroatoms. The molecule has 1 saturated heterocycles. The van der Waals surface area contributed by atoms with Gasteiger partial charge in [0.05, 0.1) is 0 Å². The third-order valence-corrected chi connectivity index (χ3v) is 3.28. The third-order valence-electron chi connectivity index (χ3n) is 3.28. The Morgan fingerprint density at radius 1 is 1.24 bits per heavy atom. The molecular formula is C16H21N. The van der Waals surface area contributed by atoms with Crippen molar-refractivity contribution in [3.8, 4) is 0 Å². The van der Waals surface area contributed by atoms with Crippen LogP contribution in [0.4, 0.5) is 0 Å². The fourth-order valence-corrected chi connectivity index (χ4v) is 2.39. The van der Waals surface area contributed by atoms with E-state index in [-0.39, 0.29) is 0 Å². The van der Waals surface area contributed by atoms with E-state index in [4.69, 9.17) is 0 Å². The highest BCUT2D eigenvalue weighted by atomic mass is 15.2. The molecule has 0 N–H and O–H groups in total. The van der Waals surface area contributed by atoms with Gasteiger partial charge in [0.1, 0.15) is 0 Å². The van der Waals surface area contributed by atoms with Crippen molar-refractivity contribution in [1.29, 1.82) is 0 Å². The zero-order chi connectivity index (χ0) is 11.9. The Morgan fingerprint density at radius 2 is 2.06 bits per heavy atom. The molecule has 0 unspecified atom stereocenters. The number of hydrogen-bond acceptors (Lipinski definition) is 1. The molecule has 17 heavy (non-hydrogen) atoms. The van der Waals surface area contributed by atoms with Gasteiger partial charge in [0.15, 0.2) is 0 Å². The minimum atomic E-state index is 0.617. The maximum absolute atomic E-state index is 2.56. The van der Waals surface area contributed by atoms with Crippen LogP contribution in [0.1, 0.15) is 25.3 Å². The summed E-state index contributed by atoms with van der Waals surface area (Å²) in [5.41, 5.74) is 1.42. The summed E-state index contributed by atoms with van der Waals surface area (Å²) in [6, 6.07) is 11.4. The van der Waals surface area contributed by atoms with Crippen LogP contribution in [0.3, 0.4) is 0 Å². The molecule has 1 aromatic rings. The summed E-state index contributed by atoms with van der Waals surface area (Å²) in [4.78, 5) is 2.56. The van der Waals surface area contributed by atoms with E-state index in [1.54, 1.807) is 0 Å². The van der Waals surface area contributed by atoms with Gasteiger partial charge in [-0.2, -0.15) is 0 Å². The molecule has 0 saturated carbocycles. The molecule has 1 aliphatic heterocycles. The van der Waals surface area contributed by atoms with Crippen molar-refractivity contribution in [3.05, 3.63) is 60.2 Å². The van der Waals surface area contributed by atoms with Gasteiger partial charge in [-0.05, 0) is 31.9 Å². The summed E-state index contributed by atoms with van der Waals surface area (Å²) >= 11 is 0. The highest BCUT2D eigenvalue weighted by Gasteiger charge is 2.21. The monoisotopic (exact) mass is 227 g/mol. The second-order valence-electron chi connectivity index (χ2n) is 4.58. The minimum absolute atomic E-state index is 0.617. The number of hydrogen-bond donors (Lipinski definition) is 0. The zero-order valence-corrected chi connectivity index (χ0v) is 10.5. The number of rotatable bonds is 4. The van der Waals surface area contributed by atoms with Crippen LogP contribution >= 0.6 is 0 Å². The molecule has 0 aromatic heterocycles. The Hall–Kier alpha value is -1.34. The van der Waals surface area contributed by atoms with Crippen molar-refractivity contribution in [2.45, 2.75) is 32.4 Å². The summed E-state index contributed by atoms with van der Waals surface area (Å²) in [7, 11) is 0. The lowest BCUT2D eigenvalue weighted by Crippen LogP contribution is -2.27. The van der Waals surface area contributed by atoms with Gasteiger partial charge >= 0.3 is 0 Å². The molecule has 1 fully saturated rings. The Morgan fingerprint density at radius 3 is 2.82 bits per heavy atom. The van der Waals surface area contributed by atoms with Crippen LogP contribution in [-0.4, -0.2) is 17.5 Å². The van der Waals surface area contributed by atoms with E-state index in [0.29, 0.717) is 6.04 Å². The van der Waals surface area contributed by atoms with E-state index in [1.165, 1.54) is 24.9 Å². The summed E-state index contributed by atoms with van der Waals surface area (Å²) < 4.78 is 0. The quantitative estimate of drug-likeness (QED) is 0.707. The summed E-state index contributed by atoms with van der Waals surface area (Å²) in [6.07, 6.45) is 11.3. The zero-order valence-electron chi connectivity index (χ0n) is 10.5. The van der Waals surface area contributed by atoms with Crippen LogP contribution in [0.5, 0.6) is 0 Å². The second kappa shape index (κ2) is 6.41. The van der Waals surface area contributed by atoms with E-state index in [0.717, 1.165) is 6.54 Å². The van der Waals surface area contributed by atoms with Crippen LogP contribution in [0.2, 0.25) is 0 Å². The van der Waals surface area contributed by atoms with Crippen molar-refractivity contribution in [1.82, 2.24) is 4.90 Å². The van der Waals surface area contributed by atoms with Gasteiger partial charge < -0.3 is 0 Å². The SMILES string of the molecule is C/C=C/C=C/[C@H]1CCCN1Cc1ccccc1.